The van der Waals surface area contributed by atoms with Crippen LogP contribution in [0.1, 0.15) is 39.5 Å². The van der Waals surface area contributed by atoms with E-state index in [2.05, 4.69) is 36.4 Å². The molecule has 1 heterocycles. The van der Waals surface area contributed by atoms with Crippen LogP contribution in [0.15, 0.2) is 0 Å². The molecule has 4 nitrogen and oxygen atoms in total. The number of rotatable bonds is 5. The summed E-state index contributed by atoms with van der Waals surface area (Å²) in [5, 5.41) is 6.51. The first-order valence-corrected chi connectivity index (χ1v) is 7.32. The van der Waals surface area contributed by atoms with Crippen molar-refractivity contribution in [2.45, 2.75) is 57.7 Å². The Morgan fingerprint density at radius 1 is 1.44 bits per heavy atom. The van der Waals surface area contributed by atoms with E-state index in [0.29, 0.717) is 12.1 Å². The molecule has 2 rings (SSSR count). The number of likely N-dealkylation sites (N-methyl/N-ethyl adjacent to an activating group) is 1. The molecule has 0 aromatic carbocycles. The maximum atomic E-state index is 12.2. The third-order valence-electron chi connectivity index (χ3n) is 4.49. The van der Waals surface area contributed by atoms with E-state index in [1.807, 2.05) is 0 Å². The Hall–Kier alpha value is -0.610. The number of hydrogen-bond acceptors (Lipinski definition) is 3. The van der Waals surface area contributed by atoms with E-state index in [9.17, 15) is 4.79 Å². The molecule has 0 bridgehead atoms. The monoisotopic (exact) mass is 253 g/mol. The Morgan fingerprint density at radius 3 is 2.78 bits per heavy atom. The van der Waals surface area contributed by atoms with Gasteiger partial charge in [-0.25, -0.2) is 0 Å². The molecular weight excluding hydrogens is 226 g/mol. The van der Waals surface area contributed by atoms with Gasteiger partial charge in [-0.05, 0) is 53.1 Å². The second kappa shape index (κ2) is 6.02. The molecule has 1 aliphatic carbocycles. The van der Waals surface area contributed by atoms with E-state index in [4.69, 9.17) is 0 Å². The highest BCUT2D eigenvalue weighted by molar-refractivity contribution is 5.79. The first kappa shape index (κ1) is 13.8. The van der Waals surface area contributed by atoms with Crippen LogP contribution in [-0.4, -0.2) is 49.1 Å². The van der Waals surface area contributed by atoms with Crippen LogP contribution in [0.3, 0.4) is 0 Å². The largest absolute Gasteiger partial charge is 0.354 e. The van der Waals surface area contributed by atoms with Gasteiger partial charge >= 0.3 is 0 Å². The predicted molar refractivity (Wildman–Crippen MR) is 73.4 cm³/mol. The van der Waals surface area contributed by atoms with Gasteiger partial charge in [-0.2, -0.15) is 0 Å². The van der Waals surface area contributed by atoms with E-state index < -0.39 is 0 Å². The molecule has 0 aromatic rings. The van der Waals surface area contributed by atoms with Gasteiger partial charge in [0.05, 0.1) is 5.92 Å². The lowest BCUT2D eigenvalue weighted by molar-refractivity contribution is -0.126. The number of piperidine rings is 1. The van der Waals surface area contributed by atoms with Crippen LogP contribution in [0.25, 0.3) is 0 Å². The molecule has 1 saturated heterocycles. The zero-order valence-electron chi connectivity index (χ0n) is 11.9. The van der Waals surface area contributed by atoms with Gasteiger partial charge in [-0.15, -0.1) is 0 Å². The van der Waals surface area contributed by atoms with Crippen molar-refractivity contribution in [1.82, 2.24) is 15.5 Å². The minimum atomic E-state index is 0.150. The van der Waals surface area contributed by atoms with Crippen molar-refractivity contribution < 1.29 is 4.79 Å². The fourth-order valence-corrected chi connectivity index (χ4v) is 2.77. The first-order chi connectivity index (χ1) is 8.59. The molecule has 0 spiro atoms. The Kier molecular flexibility index (Phi) is 4.62. The average Bonchev–Trinajstić information content (AvgIpc) is 3.19. The Labute approximate surface area is 110 Å². The van der Waals surface area contributed by atoms with Crippen molar-refractivity contribution in [2.75, 3.05) is 20.1 Å². The van der Waals surface area contributed by atoms with Crippen LogP contribution in [0, 0.1) is 5.92 Å². The fraction of sp³-hybridized carbons (Fsp3) is 0.929. The molecule has 4 heteroatoms. The van der Waals surface area contributed by atoms with Crippen molar-refractivity contribution >= 4 is 5.91 Å². The number of amides is 1. The Morgan fingerprint density at radius 2 is 2.17 bits per heavy atom. The molecule has 2 aliphatic rings. The van der Waals surface area contributed by atoms with Crippen molar-refractivity contribution in [1.29, 1.82) is 0 Å². The van der Waals surface area contributed by atoms with Gasteiger partial charge in [0.25, 0.3) is 0 Å². The van der Waals surface area contributed by atoms with Gasteiger partial charge in [-0.1, -0.05) is 0 Å². The normalized spacial score (nSPS) is 30.2. The number of nitrogens with zero attached hydrogens (tertiary/aromatic N) is 1. The SMILES string of the molecule is CC1NCCCC1C(=O)NCC(C)N(C)C1CC1. The third-order valence-corrected chi connectivity index (χ3v) is 4.49. The highest BCUT2D eigenvalue weighted by atomic mass is 16.1. The van der Waals surface area contributed by atoms with Crippen LogP contribution >= 0.6 is 0 Å². The number of carbonyl (C=O) groups excluding carboxylic acids is 1. The van der Waals surface area contributed by atoms with Gasteiger partial charge < -0.3 is 10.6 Å². The van der Waals surface area contributed by atoms with Crippen LogP contribution in [0.4, 0.5) is 0 Å². The van der Waals surface area contributed by atoms with Gasteiger partial charge in [-0.3, -0.25) is 9.69 Å². The lowest BCUT2D eigenvalue weighted by atomic mass is 9.91. The second-order valence-electron chi connectivity index (χ2n) is 5.98. The molecule has 1 saturated carbocycles. The summed E-state index contributed by atoms with van der Waals surface area (Å²) in [5.74, 6) is 0.378. The van der Waals surface area contributed by atoms with Crippen molar-refractivity contribution in [3.8, 4) is 0 Å². The maximum absolute atomic E-state index is 12.2. The molecular formula is C14H27N3O. The Bertz CT molecular complexity index is 291. The van der Waals surface area contributed by atoms with Crippen molar-refractivity contribution in [3.05, 3.63) is 0 Å². The van der Waals surface area contributed by atoms with Crippen LogP contribution < -0.4 is 10.6 Å². The summed E-state index contributed by atoms with van der Waals surface area (Å²) in [6, 6.07) is 1.51. The van der Waals surface area contributed by atoms with Crippen LogP contribution in [0.5, 0.6) is 0 Å². The second-order valence-corrected chi connectivity index (χ2v) is 5.98. The maximum Gasteiger partial charge on any atom is 0.224 e. The highest BCUT2D eigenvalue weighted by Gasteiger charge is 2.30. The smallest absolute Gasteiger partial charge is 0.224 e. The van der Waals surface area contributed by atoms with Gasteiger partial charge in [0, 0.05) is 24.7 Å². The lowest BCUT2D eigenvalue weighted by Gasteiger charge is -2.30. The number of nitrogens with one attached hydrogen (secondary N) is 2. The third kappa shape index (κ3) is 3.45. The molecule has 1 aliphatic heterocycles. The molecule has 18 heavy (non-hydrogen) atoms. The molecule has 2 N–H and O–H groups in total. The topological polar surface area (TPSA) is 44.4 Å². The molecule has 0 aromatic heterocycles. The quantitative estimate of drug-likeness (QED) is 0.767. The summed E-state index contributed by atoms with van der Waals surface area (Å²) in [5.41, 5.74) is 0. The molecule has 2 fully saturated rings. The lowest BCUT2D eigenvalue weighted by Crippen LogP contribution is -2.49. The number of carbonyl (C=O) groups is 1. The zero-order valence-corrected chi connectivity index (χ0v) is 11.9. The summed E-state index contributed by atoms with van der Waals surface area (Å²) in [7, 11) is 2.17. The zero-order chi connectivity index (χ0) is 13.1. The van der Waals surface area contributed by atoms with Crippen LogP contribution in [0.2, 0.25) is 0 Å². The van der Waals surface area contributed by atoms with E-state index in [1.54, 1.807) is 0 Å². The molecule has 104 valence electrons. The van der Waals surface area contributed by atoms with Crippen LogP contribution in [-0.2, 0) is 4.79 Å². The summed E-state index contributed by atoms with van der Waals surface area (Å²) >= 11 is 0. The molecule has 3 atom stereocenters. The van der Waals surface area contributed by atoms with E-state index >= 15 is 0 Å². The standard InChI is InChI=1S/C14H27N3O/c1-10(17(3)12-6-7-12)9-16-14(18)13-5-4-8-15-11(13)2/h10-13,15H,4-9H2,1-3H3,(H,16,18). The highest BCUT2D eigenvalue weighted by Crippen LogP contribution is 2.26. The van der Waals surface area contributed by atoms with Gasteiger partial charge in [0.15, 0.2) is 0 Å². The van der Waals surface area contributed by atoms with Crippen molar-refractivity contribution in [2.24, 2.45) is 5.92 Å². The first-order valence-electron chi connectivity index (χ1n) is 7.32. The van der Waals surface area contributed by atoms with E-state index in [0.717, 1.165) is 32.0 Å². The summed E-state index contributed by atoms with van der Waals surface area (Å²) in [6.07, 6.45) is 4.77. The minimum Gasteiger partial charge on any atom is -0.354 e. The minimum absolute atomic E-state index is 0.150. The molecule has 3 unspecified atom stereocenters. The molecule has 1 amide bonds. The number of hydrogen-bond donors (Lipinski definition) is 2. The summed E-state index contributed by atoms with van der Waals surface area (Å²) < 4.78 is 0. The van der Waals surface area contributed by atoms with Crippen molar-refractivity contribution in [3.63, 3.8) is 0 Å². The predicted octanol–water partition coefficient (Wildman–Crippen LogP) is 0.973. The van der Waals surface area contributed by atoms with E-state index in [-0.39, 0.29) is 11.8 Å². The fourth-order valence-electron chi connectivity index (χ4n) is 2.77. The Balaban J connectivity index is 1.73. The average molecular weight is 253 g/mol. The van der Waals surface area contributed by atoms with E-state index in [1.165, 1.54) is 12.8 Å². The van der Waals surface area contributed by atoms with Gasteiger partial charge in [0.2, 0.25) is 5.91 Å². The molecule has 0 radical (unpaired) electrons. The summed E-state index contributed by atoms with van der Waals surface area (Å²) in [4.78, 5) is 14.5. The summed E-state index contributed by atoms with van der Waals surface area (Å²) in [6.45, 7) is 6.13. The van der Waals surface area contributed by atoms with Gasteiger partial charge in [0.1, 0.15) is 0 Å².